The summed E-state index contributed by atoms with van der Waals surface area (Å²) in [5, 5.41) is 12.4. The number of hydrogen-bond donors (Lipinski definition) is 0. The Morgan fingerprint density at radius 2 is 2.50 bits per heavy atom. The van der Waals surface area contributed by atoms with Gasteiger partial charge in [-0.3, -0.25) is 0 Å². The van der Waals surface area contributed by atoms with E-state index in [0.717, 1.165) is 11.5 Å². The highest BCUT2D eigenvalue weighted by Gasteiger charge is 2.12. The van der Waals surface area contributed by atoms with Crippen LogP contribution < -0.4 is 4.74 Å². The Labute approximate surface area is 82.9 Å². The number of nitrogens with zero attached hydrogens (tertiary/aromatic N) is 4. The van der Waals surface area contributed by atoms with Crippen molar-refractivity contribution in [3.63, 3.8) is 0 Å². The molecule has 0 unspecified atom stereocenters. The normalized spacial score (nSPS) is 9.71. The number of rotatable bonds is 2. The highest BCUT2D eigenvalue weighted by molar-refractivity contribution is 7.06. The minimum Gasteiger partial charge on any atom is -0.479 e. The Bertz CT molecular complexity index is 484. The third-order valence-corrected chi connectivity index (χ3v) is 2.06. The molecule has 0 aromatic carbocycles. The quantitative estimate of drug-likeness (QED) is 0.733. The maximum Gasteiger partial charge on any atom is 0.254 e. The third-order valence-electron chi connectivity index (χ3n) is 1.44. The van der Waals surface area contributed by atoms with Crippen LogP contribution in [0.15, 0.2) is 10.6 Å². The van der Waals surface area contributed by atoms with E-state index < -0.39 is 0 Å². The molecule has 0 N–H and O–H groups in total. The molecule has 6 nitrogen and oxygen atoms in total. The largest absolute Gasteiger partial charge is 0.479 e. The second-order valence-electron chi connectivity index (χ2n) is 2.27. The van der Waals surface area contributed by atoms with Crippen LogP contribution in [-0.4, -0.2) is 21.6 Å². The maximum atomic E-state index is 8.54. The minimum atomic E-state index is 0.287. The Kier molecular flexibility index (Phi) is 2.12. The van der Waals surface area contributed by atoms with E-state index in [1.54, 1.807) is 6.07 Å². The van der Waals surface area contributed by atoms with Crippen LogP contribution in [0.1, 0.15) is 5.01 Å². The zero-order valence-electron chi connectivity index (χ0n) is 7.09. The molecule has 0 aliphatic heterocycles. The summed E-state index contributed by atoms with van der Waals surface area (Å²) in [5.74, 6) is 1.09. The van der Waals surface area contributed by atoms with Crippen LogP contribution in [-0.2, 0) is 0 Å². The number of methoxy groups -OCH3 is 1. The molecular formula is C7H4N4O2S. The van der Waals surface area contributed by atoms with Gasteiger partial charge in [0.15, 0.2) is 0 Å². The number of aromatic nitrogens is 3. The van der Waals surface area contributed by atoms with Crippen LogP contribution >= 0.6 is 11.5 Å². The molecule has 0 aliphatic carbocycles. The fourth-order valence-electron chi connectivity index (χ4n) is 0.830. The van der Waals surface area contributed by atoms with E-state index >= 15 is 0 Å². The van der Waals surface area contributed by atoms with Gasteiger partial charge in [0.05, 0.1) is 13.2 Å². The van der Waals surface area contributed by atoms with Crippen molar-refractivity contribution in [3.8, 4) is 23.5 Å². The molecule has 2 aromatic rings. The smallest absolute Gasteiger partial charge is 0.254 e. The zero-order chi connectivity index (χ0) is 9.97. The first-order valence-electron chi connectivity index (χ1n) is 3.58. The first-order valence-corrected chi connectivity index (χ1v) is 4.35. The lowest BCUT2D eigenvalue weighted by Gasteiger charge is -1.83. The molecule has 0 radical (unpaired) electrons. The Morgan fingerprint density at radius 3 is 3.07 bits per heavy atom. The second kappa shape index (κ2) is 3.43. The van der Waals surface area contributed by atoms with Crippen molar-refractivity contribution in [1.29, 1.82) is 5.26 Å². The van der Waals surface area contributed by atoms with Crippen LogP contribution in [0.5, 0.6) is 5.88 Å². The van der Waals surface area contributed by atoms with E-state index in [2.05, 4.69) is 14.5 Å². The van der Waals surface area contributed by atoms with Gasteiger partial charge in [0, 0.05) is 0 Å². The molecule has 0 aliphatic rings. The van der Waals surface area contributed by atoms with E-state index in [0.29, 0.717) is 17.5 Å². The molecule has 0 saturated heterocycles. The van der Waals surface area contributed by atoms with E-state index in [4.69, 9.17) is 14.5 Å². The molecule has 0 atom stereocenters. The predicted molar refractivity (Wildman–Crippen MR) is 46.7 cm³/mol. The van der Waals surface area contributed by atoms with Crippen LogP contribution in [0, 0.1) is 11.3 Å². The van der Waals surface area contributed by atoms with Gasteiger partial charge >= 0.3 is 0 Å². The van der Waals surface area contributed by atoms with E-state index in [1.165, 1.54) is 7.11 Å². The van der Waals surface area contributed by atoms with Gasteiger partial charge in [-0.05, 0) is 16.7 Å². The average Bonchev–Trinajstić information content (AvgIpc) is 2.86. The molecule has 2 heterocycles. The summed E-state index contributed by atoms with van der Waals surface area (Å²) < 4.78 is 13.6. The summed E-state index contributed by atoms with van der Waals surface area (Å²) in [6.45, 7) is 0. The van der Waals surface area contributed by atoms with Gasteiger partial charge in [-0.25, -0.2) is 4.98 Å². The minimum absolute atomic E-state index is 0.287. The molecule has 7 heteroatoms. The summed E-state index contributed by atoms with van der Waals surface area (Å²) in [7, 11) is 1.48. The monoisotopic (exact) mass is 208 g/mol. The Morgan fingerprint density at radius 1 is 1.64 bits per heavy atom. The Balaban J connectivity index is 2.35. The zero-order valence-corrected chi connectivity index (χ0v) is 7.91. The Hall–Kier alpha value is -1.94. The summed E-state index contributed by atoms with van der Waals surface area (Å²) in [4.78, 5) is 3.90. The molecular weight excluding hydrogens is 204 g/mol. The van der Waals surface area contributed by atoms with Crippen molar-refractivity contribution in [3.05, 3.63) is 11.1 Å². The van der Waals surface area contributed by atoms with Crippen molar-refractivity contribution in [1.82, 2.24) is 14.5 Å². The van der Waals surface area contributed by atoms with E-state index in [1.807, 2.05) is 6.07 Å². The SMILES string of the molecule is COc1cc(-c2nsc(C#N)n2)on1. The second-order valence-corrected chi connectivity index (χ2v) is 3.02. The van der Waals surface area contributed by atoms with Crippen LogP contribution in [0.4, 0.5) is 0 Å². The fraction of sp³-hybridized carbons (Fsp3) is 0.143. The summed E-state index contributed by atoms with van der Waals surface area (Å²) in [6.07, 6.45) is 0. The lowest BCUT2D eigenvalue weighted by molar-refractivity contribution is 0.342. The van der Waals surface area contributed by atoms with Crippen molar-refractivity contribution in [2.75, 3.05) is 7.11 Å². The molecule has 70 valence electrons. The molecule has 2 aromatic heterocycles. The standard InChI is InChI=1S/C7H4N4O2S/c1-12-5-2-4(13-10-5)7-9-6(3-8)14-11-7/h2H,1H3. The van der Waals surface area contributed by atoms with Gasteiger partial charge in [-0.15, -0.1) is 0 Å². The van der Waals surface area contributed by atoms with Gasteiger partial charge in [-0.2, -0.15) is 9.64 Å². The summed E-state index contributed by atoms with van der Waals surface area (Å²) in [5.41, 5.74) is 0. The molecule has 0 amide bonds. The highest BCUT2D eigenvalue weighted by atomic mass is 32.1. The topological polar surface area (TPSA) is 84.8 Å². The van der Waals surface area contributed by atoms with Crippen molar-refractivity contribution < 1.29 is 9.26 Å². The van der Waals surface area contributed by atoms with Gasteiger partial charge in [0.2, 0.25) is 16.6 Å². The summed E-state index contributed by atoms with van der Waals surface area (Å²) >= 11 is 1.01. The van der Waals surface area contributed by atoms with Gasteiger partial charge < -0.3 is 9.26 Å². The van der Waals surface area contributed by atoms with Gasteiger partial charge in [0.1, 0.15) is 6.07 Å². The summed E-state index contributed by atoms with van der Waals surface area (Å²) in [6, 6.07) is 3.45. The average molecular weight is 208 g/mol. The first kappa shape index (κ1) is 8.65. The number of nitriles is 1. The predicted octanol–water partition coefficient (Wildman–Crippen LogP) is 1.07. The van der Waals surface area contributed by atoms with Crippen molar-refractivity contribution in [2.24, 2.45) is 0 Å². The molecule has 2 rings (SSSR count). The highest BCUT2D eigenvalue weighted by Crippen LogP contribution is 2.21. The first-order chi connectivity index (χ1) is 6.83. The molecule has 14 heavy (non-hydrogen) atoms. The molecule has 0 spiro atoms. The lowest BCUT2D eigenvalue weighted by atomic mass is 10.4. The molecule has 0 saturated carbocycles. The van der Waals surface area contributed by atoms with E-state index in [9.17, 15) is 0 Å². The van der Waals surface area contributed by atoms with Gasteiger partial charge in [0.25, 0.3) is 5.88 Å². The molecule has 0 fully saturated rings. The number of ether oxygens (including phenoxy) is 1. The fourth-order valence-corrected chi connectivity index (χ4v) is 1.30. The molecule has 0 bridgehead atoms. The maximum absolute atomic E-state index is 8.54. The lowest BCUT2D eigenvalue weighted by Crippen LogP contribution is -1.79. The van der Waals surface area contributed by atoms with Crippen molar-refractivity contribution in [2.45, 2.75) is 0 Å². The number of hydrogen-bond acceptors (Lipinski definition) is 7. The van der Waals surface area contributed by atoms with Gasteiger partial charge in [-0.1, -0.05) is 0 Å². The van der Waals surface area contributed by atoms with Crippen LogP contribution in [0.2, 0.25) is 0 Å². The van der Waals surface area contributed by atoms with Crippen LogP contribution in [0.3, 0.4) is 0 Å². The third kappa shape index (κ3) is 1.43. The van der Waals surface area contributed by atoms with Crippen LogP contribution in [0.25, 0.3) is 11.6 Å². The van der Waals surface area contributed by atoms with E-state index in [-0.39, 0.29) is 5.01 Å². The van der Waals surface area contributed by atoms with Crippen molar-refractivity contribution >= 4 is 11.5 Å².